The second-order valence-corrected chi connectivity index (χ2v) is 12.1. The Morgan fingerprint density at radius 3 is 2.69 bits per heavy atom. The van der Waals surface area contributed by atoms with Crippen LogP contribution in [0.2, 0.25) is 0 Å². The lowest BCUT2D eigenvalue weighted by Gasteiger charge is -2.31. The van der Waals surface area contributed by atoms with E-state index in [1.807, 2.05) is 28.4 Å². The quantitative estimate of drug-likeness (QED) is 0.262. The van der Waals surface area contributed by atoms with Crippen LogP contribution in [0.1, 0.15) is 39.9 Å². The van der Waals surface area contributed by atoms with Crippen LogP contribution in [0.5, 0.6) is 0 Å². The normalized spacial score (nSPS) is 16.0. The lowest BCUT2D eigenvalue weighted by Crippen LogP contribution is -2.41. The molecule has 3 aromatic heterocycles. The Labute approximate surface area is 259 Å². The summed E-state index contributed by atoms with van der Waals surface area (Å²) in [6, 6.07) is 8.11. The summed E-state index contributed by atoms with van der Waals surface area (Å²) in [6.45, 7) is 8.44. The van der Waals surface area contributed by atoms with Gasteiger partial charge in [-0.2, -0.15) is 5.10 Å². The number of anilines is 3. The molecule has 7 rings (SSSR count). The number of esters is 1. The first kappa shape index (κ1) is 28.8. The predicted octanol–water partition coefficient (Wildman–Crippen LogP) is 3.76. The zero-order valence-corrected chi connectivity index (χ0v) is 25.5. The summed E-state index contributed by atoms with van der Waals surface area (Å²) in [5, 5.41) is 7.78. The molecule has 232 valence electrons. The minimum absolute atomic E-state index is 0.186. The van der Waals surface area contributed by atoms with E-state index in [9.17, 15) is 14.4 Å². The number of pyridine rings is 1. The molecule has 0 saturated carbocycles. The number of fused-ring (bicyclic) bond motifs is 4. The van der Waals surface area contributed by atoms with Crippen molar-refractivity contribution < 1.29 is 18.7 Å². The number of carbonyl (C=O) groups excluding carboxylic acids is 2. The van der Waals surface area contributed by atoms with Gasteiger partial charge in [-0.3, -0.25) is 24.0 Å². The molecule has 5 heterocycles. The van der Waals surface area contributed by atoms with Crippen molar-refractivity contribution in [2.24, 2.45) is 7.05 Å². The molecular formula is C33H34FN7O4. The molecule has 0 saturated heterocycles. The predicted molar refractivity (Wildman–Crippen MR) is 167 cm³/mol. The Kier molecular flexibility index (Phi) is 6.96. The molecule has 0 unspecified atom stereocenters. The highest BCUT2D eigenvalue weighted by Crippen LogP contribution is 2.38. The number of benzene rings is 1. The summed E-state index contributed by atoms with van der Waals surface area (Å²) in [6.07, 6.45) is 3.09. The number of halogens is 1. The smallest absolute Gasteiger partial charge is 0.302 e. The maximum atomic E-state index is 15.5. The number of amides is 1. The van der Waals surface area contributed by atoms with Gasteiger partial charge in [-0.05, 0) is 48.9 Å². The molecule has 3 aliphatic rings. The zero-order chi connectivity index (χ0) is 31.6. The van der Waals surface area contributed by atoms with E-state index in [0.29, 0.717) is 47.0 Å². The van der Waals surface area contributed by atoms with Gasteiger partial charge in [0.15, 0.2) is 5.82 Å². The lowest BCUT2D eigenvalue weighted by molar-refractivity contribution is -0.142. The number of ether oxygens (including phenoxy) is 1. The third-order valence-corrected chi connectivity index (χ3v) is 8.82. The van der Waals surface area contributed by atoms with Crippen LogP contribution >= 0.6 is 0 Å². The average Bonchev–Trinajstić information content (AvgIpc) is 3.66. The van der Waals surface area contributed by atoms with E-state index in [4.69, 9.17) is 4.74 Å². The first-order valence-electron chi connectivity index (χ1n) is 14.9. The van der Waals surface area contributed by atoms with E-state index in [0.717, 1.165) is 55.0 Å². The van der Waals surface area contributed by atoms with Gasteiger partial charge >= 0.3 is 5.97 Å². The highest BCUT2D eigenvalue weighted by molar-refractivity contribution is 6.07. The van der Waals surface area contributed by atoms with Gasteiger partial charge in [-0.25, -0.2) is 4.39 Å². The van der Waals surface area contributed by atoms with Crippen molar-refractivity contribution in [1.29, 1.82) is 0 Å². The Bertz CT molecular complexity index is 1970. The van der Waals surface area contributed by atoms with Gasteiger partial charge < -0.3 is 24.1 Å². The molecule has 45 heavy (non-hydrogen) atoms. The number of rotatable bonds is 6. The van der Waals surface area contributed by atoms with E-state index in [-0.39, 0.29) is 23.8 Å². The van der Waals surface area contributed by atoms with Crippen molar-refractivity contribution in [1.82, 2.24) is 23.8 Å². The summed E-state index contributed by atoms with van der Waals surface area (Å²) in [4.78, 5) is 42.8. The van der Waals surface area contributed by atoms with Crippen molar-refractivity contribution >= 4 is 29.1 Å². The molecule has 0 bridgehead atoms. The van der Waals surface area contributed by atoms with Gasteiger partial charge in [0, 0.05) is 75.7 Å². The maximum Gasteiger partial charge on any atom is 0.302 e. The van der Waals surface area contributed by atoms with Gasteiger partial charge in [0.2, 0.25) is 0 Å². The maximum absolute atomic E-state index is 15.5. The highest BCUT2D eigenvalue weighted by atomic mass is 19.1. The molecular weight excluding hydrogens is 577 g/mol. The number of aromatic nitrogens is 4. The summed E-state index contributed by atoms with van der Waals surface area (Å²) < 4.78 is 26.3. The molecule has 0 radical (unpaired) electrons. The number of carbonyl (C=O) groups is 2. The minimum atomic E-state index is -0.562. The van der Waals surface area contributed by atoms with Crippen LogP contribution < -0.4 is 15.8 Å². The Hall–Kier alpha value is -4.97. The fraction of sp³-hybridized carbons (Fsp3) is 0.333. The van der Waals surface area contributed by atoms with Crippen molar-refractivity contribution in [2.45, 2.75) is 46.0 Å². The molecule has 2 aliphatic heterocycles. The van der Waals surface area contributed by atoms with Gasteiger partial charge in [0.25, 0.3) is 11.5 Å². The second kappa shape index (κ2) is 10.9. The molecule has 1 aliphatic carbocycles. The molecule has 4 aromatic rings. The molecule has 0 atom stereocenters. The van der Waals surface area contributed by atoms with Crippen LogP contribution in [-0.2, 0) is 55.7 Å². The van der Waals surface area contributed by atoms with Crippen molar-refractivity contribution in [3.8, 4) is 11.1 Å². The molecule has 0 spiro atoms. The molecule has 1 N–H and O–H groups in total. The summed E-state index contributed by atoms with van der Waals surface area (Å²) in [7, 11) is 3.66. The van der Waals surface area contributed by atoms with E-state index in [1.165, 1.54) is 23.6 Å². The summed E-state index contributed by atoms with van der Waals surface area (Å²) >= 11 is 0. The van der Waals surface area contributed by atoms with Crippen LogP contribution in [0, 0.1) is 5.82 Å². The summed E-state index contributed by atoms with van der Waals surface area (Å²) in [5.74, 6) is -0.788. The molecule has 1 amide bonds. The third kappa shape index (κ3) is 5.14. The second-order valence-electron chi connectivity index (χ2n) is 12.1. The Morgan fingerprint density at radius 2 is 1.89 bits per heavy atom. The summed E-state index contributed by atoms with van der Waals surface area (Å²) in [5.41, 5.74) is 6.58. The number of aryl methyl sites for hydroxylation is 1. The van der Waals surface area contributed by atoms with Crippen LogP contribution in [0.4, 0.5) is 21.6 Å². The van der Waals surface area contributed by atoms with Crippen molar-refractivity contribution in [2.75, 3.05) is 30.4 Å². The van der Waals surface area contributed by atoms with Crippen LogP contribution in [0.15, 0.2) is 53.5 Å². The van der Waals surface area contributed by atoms with Gasteiger partial charge in [-0.1, -0.05) is 12.2 Å². The monoisotopic (exact) mass is 611 g/mol. The number of hydrogen-bond donors (Lipinski definition) is 1. The molecule has 11 nitrogen and oxygen atoms in total. The number of allylic oxidation sites excluding steroid dienone is 1. The average molecular weight is 612 g/mol. The Balaban J connectivity index is 1.29. The standard InChI is InChI=1S/C33H34FN7O4/c1-19-9-21-12-30-33(44)40(7-6-39(30)28(21)10-19)29-14-23(34)13-25(26(29)18-45-20(2)42)22-11-27(32(43)38(4)16-22)35-31-15-24-17-37(3)5-8-41(24)36-31/h11-16H,1,5-10,17-18H2,2-4H3,(H,35,36). The Morgan fingerprint density at radius 1 is 1.07 bits per heavy atom. The van der Waals surface area contributed by atoms with Crippen molar-refractivity contribution in [3.05, 3.63) is 93.1 Å². The van der Waals surface area contributed by atoms with Crippen LogP contribution in [0.3, 0.4) is 0 Å². The zero-order valence-electron chi connectivity index (χ0n) is 25.5. The van der Waals surface area contributed by atoms with E-state index >= 15 is 4.39 Å². The minimum Gasteiger partial charge on any atom is -0.461 e. The van der Waals surface area contributed by atoms with Gasteiger partial charge in [0.05, 0.1) is 17.9 Å². The number of nitrogens with one attached hydrogen (secondary N) is 1. The fourth-order valence-electron chi connectivity index (χ4n) is 6.67. The third-order valence-electron chi connectivity index (χ3n) is 8.82. The first-order chi connectivity index (χ1) is 21.5. The van der Waals surface area contributed by atoms with Crippen molar-refractivity contribution in [3.63, 3.8) is 0 Å². The van der Waals surface area contributed by atoms with Gasteiger partial charge in [-0.15, -0.1) is 0 Å². The SMILES string of the molecule is C=C1Cc2cc3n(c2C1)CCN(c1cc(F)cc(-c2cc(Nc4cc5n(n4)CCN(C)C5)c(=O)n(C)c2)c1COC(C)=O)C3=O. The van der Waals surface area contributed by atoms with E-state index in [1.54, 1.807) is 24.2 Å². The van der Waals surface area contributed by atoms with E-state index < -0.39 is 11.8 Å². The number of nitrogens with zero attached hydrogens (tertiary/aromatic N) is 6. The molecule has 12 heteroatoms. The van der Waals surface area contributed by atoms with Crippen LogP contribution in [0.25, 0.3) is 11.1 Å². The highest BCUT2D eigenvalue weighted by Gasteiger charge is 2.33. The number of hydrogen-bond acceptors (Lipinski definition) is 7. The van der Waals surface area contributed by atoms with E-state index in [2.05, 4.69) is 21.9 Å². The lowest BCUT2D eigenvalue weighted by atomic mass is 9.97. The van der Waals surface area contributed by atoms with Gasteiger partial charge in [0.1, 0.15) is 23.8 Å². The fourth-order valence-corrected chi connectivity index (χ4v) is 6.67. The first-order valence-corrected chi connectivity index (χ1v) is 14.9. The molecule has 0 fully saturated rings. The molecule has 1 aromatic carbocycles. The largest absolute Gasteiger partial charge is 0.461 e. The van der Waals surface area contributed by atoms with Crippen LogP contribution in [-0.4, -0.2) is 55.8 Å². The number of likely N-dealkylation sites (N-methyl/N-ethyl adjacent to an activating group) is 1. The topological polar surface area (TPSA) is 107 Å².